The second-order valence-electron chi connectivity index (χ2n) is 1.63. The number of sulfone groups is 1. The van der Waals surface area contributed by atoms with Crippen LogP contribution < -0.4 is 0 Å². The maximum atomic E-state index is 11.2. The van der Waals surface area contributed by atoms with Gasteiger partial charge in [-0.15, -0.1) is 0 Å². The fourth-order valence-corrected chi connectivity index (χ4v) is 0.885. The molecular weight excluding hydrogens is 173 g/mol. The Balaban J connectivity index is 4.18. The van der Waals surface area contributed by atoms with Crippen molar-refractivity contribution < 1.29 is 26.7 Å². The van der Waals surface area contributed by atoms with Crippen LogP contribution in [0.3, 0.4) is 0 Å². The van der Waals surface area contributed by atoms with Gasteiger partial charge in [0.2, 0.25) is 0 Å². The Kier molecular flexibility index (Phi) is 2.67. The Morgan fingerprint density at radius 1 is 1.30 bits per heavy atom. The Morgan fingerprint density at radius 2 is 1.70 bits per heavy atom. The third-order valence-corrected chi connectivity index (χ3v) is 1.74. The minimum atomic E-state index is -4.76. The van der Waals surface area contributed by atoms with Crippen molar-refractivity contribution in [3.05, 3.63) is 0 Å². The highest BCUT2D eigenvalue weighted by Crippen LogP contribution is 2.16. The smallest absolute Gasteiger partial charge is 0.380 e. The molecule has 0 fully saturated rings. The van der Waals surface area contributed by atoms with Crippen LogP contribution in [0.1, 0.15) is 0 Å². The summed E-state index contributed by atoms with van der Waals surface area (Å²) in [5.74, 6) is -3.43. The van der Waals surface area contributed by atoms with Gasteiger partial charge in [0, 0.05) is 0 Å². The summed E-state index contributed by atoms with van der Waals surface area (Å²) in [6.07, 6.45) is -4.76. The van der Waals surface area contributed by atoms with Crippen LogP contribution >= 0.6 is 0 Å². The van der Waals surface area contributed by atoms with Crippen LogP contribution in [0.4, 0.5) is 13.2 Å². The largest absolute Gasteiger partial charge is 0.402 e. The van der Waals surface area contributed by atoms with E-state index in [0.717, 1.165) is 0 Å². The highest BCUT2D eigenvalue weighted by atomic mass is 32.2. The number of rotatable bonds is 2. The van der Waals surface area contributed by atoms with E-state index in [1.165, 1.54) is 0 Å². The van der Waals surface area contributed by atoms with Gasteiger partial charge in [0.25, 0.3) is 0 Å². The highest BCUT2D eigenvalue weighted by Gasteiger charge is 2.34. The molecule has 0 atom stereocenters. The molecule has 0 rings (SSSR count). The van der Waals surface area contributed by atoms with Crippen molar-refractivity contribution in [3.8, 4) is 0 Å². The first-order valence-corrected chi connectivity index (χ1v) is 3.97. The van der Waals surface area contributed by atoms with Crippen molar-refractivity contribution in [2.24, 2.45) is 0 Å². The van der Waals surface area contributed by atoms with Gasteiger partial charge in [0.1, 0.15) is 11.7 Å². The molecule has 0 saturated carbocycles. The summed E-state index contributed by atoms with van der Waals surface area (Å²) in [6, 6.07) is 0. The Morgan fingerprint density at radius 3 is 1.80 bits per heavy atom. The minimum absolute atomic E-state index is 1.47. The minimum Gasteiger partial charge on any atom is -0.380 e. The van der Waals surface area contributed by atoms with E-state index in [1.54, 1.807) is 0 Å². The number of aliphatic hydroxyl groups is 1. The zero-order valence-electron chi connectivity index (χ0n) is 4.72. The monoisotopic (exact) mass is 178 g/mol. The van der Waals surface area contributed by atoms with Crippen LogP contribution in [-0.4, -0.2) is 31.4 Å². The SMILES string of the molecule is O=S(=O)(CO)CC(F)(F)F. The number of halogens is 3. The summed E-state index contributed by atoms with van der Waals surface area (Å²) in [5, 5.41) is 7.87. The summed E-state index contributed by atoms with van der Waals surface area (Å²) in [4.78, 5) is 0. The second-order valence-corrected chi connectivity index (χ2v) is 3.67. The van der Waals surface area contributed by atoms with Crippen LogP contribution in [-0.2, 0) is 9.84 Å². The fourth-order valence-electron chi connectivity index (χ4n) is 0.295. The van der Waals surface area contributed by atoms with Gasteiger partial charge in [-0.2, -0.15) is 13.2 Å². The van der Waals surface area contributed by atoms with Crippen molar-refractivity contribution in [2.75, 3.05) is 11.7 Å². The van der Waals surface area contributed by atoms with Gasteiger partial charge >= 0.3 is 6.18 Å². The summed E-state index contributed by atoms with van der Waals surface area (Å²) < 4.78 is 53.8. The standard InChI is InChI=1S/C3H5F3O3S/c4-3(5,6)1-10(8,9)2-7/h7H,1-2H2. The summed E-state index contributed by atoms with van der Waals surface area (Å²) in [6.45, 7) is 0. The molecule has 0 spiro atoms. The van der Waals surface area contributed by atoms with Crippen molar-refractivity contribution in [1.82, 2.24) is 0 Å². The van der Waals surface area contributed by atoms with E-state index in [9.17, 15) is 21.6 Å². The molecule has 10 heavy (non-hydrogen) atoms. The zero-order chi connectivity index (χ0) is 8.41. The second kappa shape index (κ2) is 2.75. The van der Waals surface area contributed by atoms with E-state index in [0.29, 0.717) is 0 Å². The van der Waals surface area contributed by atoms with E-state index in [4.69, 9.17) is 5.11 Å². The van der Waals surface area contributed by atoms with Gasteiger partial charge in [-0.05, 0) is 0 Å². The molecule has 0 aromatic heterocycles. The van der Waals surface area contributed by atoms with Crippen molar-refractivity contribution in [3.63, 3.8) is 0 Å². The molecule has 0 radical (unpaired) electrons. The van der Waals surface area contributed by atoms with Gasteiger partial charge in [-0.25, -0.2) is 8.42 Å². The van der Waals surface area contributed by atoms with Gasteiger partial charge in [0.15, 0.2) is 9.84 Å². The van der Waals surface area contributed by atoms with Crippen LogP contribution in [0.15, 0.2) is 0 Å². The quantitative estimate of drug-likeness (QED) is 0.643. The normalized spacial score (nSPS) is 13.6. The predicted octanol–water partition coefficient (Wildman–Crippen LogP) is -0.0867. The van der Waals surface area contributed by atoms with E-state index >= 15 is 0 Å². The van der Waals surface area contributed by atoms with Gasteiger partial charge < -0.3 is 5.11 Å². The molecule has 0 amide bonds. The highest BCUT2D eigenvalue weighted by molar-refractivity contribution is 7.91. The Bertz CT molecular complexity index is 192. The molecular formula is C3H5F3O3S. The van der Waals surface area contributed by atoms with Crippen LogP contribution in [0.5, 0.6) is 0 Å². The summed E-state index contributed by atoms with van der Waals surface area (Å²) in [7, 11) is -4.35. The molecule has 0 bridgehead atoms. The van der Waals surface area contributed by atoms with E-state index in [2.05, 4.69) is 0 Å². The lowest BCUT2D eigenvalue weighted by atomic mass is 10.8. The van der Waals surface area contributed by atoms with E-state index in [1.807, 2.05) is 0 Å². The van der Waals surface area contributed by atoms with Crippen molar-refractivity contribution >= 4 is 9.84 Å². The molecule has 0 aromatic rings. The third-order valence-electron chi connectivity index (χ3n) is 0.580. The number of alkyl halides is 3. The first-order valence-electron chi connectivity index (χ1n) is 2.15. The van der Waals surface area contributed by atoms with Crippen LogP contribution in [0, 0.1) is 0 Å². The molecule has 3 nitrogen and oxygen atoms in total. The van der Waals surface area contributed by atoms with Crippen LogP contribution in [0.2, 0.25) is 0 Å². The van der Waals surface area contributed by atoms with Gasteiger partial charge in [-0.3, -0.25) is 0 Å². The van der Waals surface area contributed by atoms with Crippen molar-refractivity contribution in [2.45, 2.75) is 6.18 Å². The van der Waals surface area contributed by atoms with Crippen LogP contribution in [0.25, 0.3) is 0 Å². The molecule has 62 valence electrons. The number of hydrogen-bond donors (Lipinski definition) is 1. The third kappa shape index (κ3) is 4.57. The maximum absolute atomic E-state index is 11.2. The topological polar surface area (TPSA) is 54.4 Å². The zero-order valence-corrected chi connectivity index (χ0v) is 5.54. The predicted molar refractivity (Wildman–Crippen MR) is 26.9 cm³/mol. The lowest BCUT2D eigenvalue weighted by molar-refractivity contribution is -0.106. The molecule has 0 saturated heterocycles. The van der Waals surface area contributed by atoms with Gasteiger partial charge in [0.05, 0.1) is 0 Å². The maximum Gasteiger partial charge on any atom is 0.402 e. The molecule has 7 heteroatoms. The molecule has 0 unspecified atom stereocenters. The number of aliphatic hydroxyl groups excluding tert-OH is 1. The lowest BCUT2D eigenvalue weighted by Gasteiger charge is -2.03. The first kappa shape index (κ1) is 9.70. The fraction of sp³-hybridized carbons (Fsp3) is 1.00. The summed E-state index contributed by atoms with van der Waals surface area (Å²) in [5.41, 5.74) is 0. The molecule has 0 aliphatic rings. The molecule has 1 N–H and O–H groups in total. The average Bonchev–Trinajstić information content (AvgIpc) is 1.60. The average molecular weight is 178 g/mol. The van der Waals surface area contributed by atoms with E-state index in [-0.39, 0.29) is 0 Å². The number of hydrogen-bond acceptors (Lipinski definition) is 3. The summed E-state index contributed by atoms with van der Waals surface area (Å²) >= 11 is 0. The van der Waals surface area contributed by atoms with Gasteiger partial charge in [-0.1, -0.05) is 0 Å². The lowest BCUT2D eigenvalue weighted by Crippen LogP contribution is -2.24. The Labute approximate surface area is 55.4 Å². The molecule has 0 aliphatic carbocycles. The van der Waals surface area contributed by atoms with E-state index < -0.39 is 27.7 Å². The van der Waals surface area contributed by atoms with Crippen molar-refractivity contribution in [1.29, 1.82) is 0 Å². The molecule has 0 heterocycles. The Hall–Kier alpha value is -0.300. The molecule has 0 aromatic carbocycles. The molecule has 0 aliphatic heterocycles. The first-order chi connectivity index (χ1) is 4.27.